The van der Waals surface area contributed by atoms with Crippen molar-refractivity contribution >= 4 is 23.2 Å². The first-order chi connectivity index (χ1) is 12.9. The van der Waals surface area contributed by atoms with Gasteiger partial charge in [-0.25, -0.2) is 9.37 Å². The number of halogens is 3. The minimum Gasteiger partial charge on any atom is -0.444 e. The lowest BCUT2D eigenvalue weighted by molar-refractivity contribution is 0.0718. The highest BCUT2D eigenvalue weighted by atomic mass is 35.5. The number of oxazole rings is 1. The standard InChI is InChI=1S/C20H17Cl2FN2O2/c1-25(19-16-6-12(21)7-17(22)15(16)8-18(19)26)9-14-10-27-20(24-14)11-2-4-13(23)5-3-11/h2-7,10,18-19,26H,8-9H2,1H3/t18-,19+/m0/s1. The molecule has 7 heteroatoms. The van der Waals surface area contributed by atoms with E-state index in [0.29, 0.717) is 40.2 Å². The van der Waals surface area contributed by atoms with Crippen molar-refractivity contribution in [2.45, 2.75) is 25.1 Å². The maximum absolute atomic E-state index is 13.1. The van der Waals surface area contributed by atoms with E-state index in [1.165, 1.54) is 12.1 Å². The van der Waals surface area contributed by atoms with Crippen LogP contribution in [0.3, 0.4) is 0 Å². The Balaban J connectivity index is 1.55. The quantitative estimate of drug-likeness (QED) is 0.670. The van der Waals surface area contributed by atoms with Crippen LogP contribution in [0.1, 0.15) is 22.9 Å². The molecule has 0 fully saturated rings. The van der Waals surface area contributed by atoms with Gasteiger partial charge in [-0.05, 0) is 54.6 Å². The minimum absolute atomic E-state index is 0.234. The Morgan fingerprint density at radius 1 is 1.26 bits per heavy atom. The van der Waals surface area contributed by atoms with Crippen LogP contribution in [0.4, 0.5) is 4.39 Å². The molecule has 4 rings (SSSR count). The van der Waals surface area contributed by atoms with Crippen molar-refractivity contribution in [2.24, 2.45) is 0 Å². The Labute approximate surface area is 166 Å². The third-order valence-electron chi connectivity index (χ3n) is 4.82. The number of benzene rings is 2. The van der Waals surface area contributed by atoms with E-state index < -0.39 is 6.10 Å². The lowest BCUT2D eigenvalue weighted by Crippen LogP contribution is -2.30. The molecule has 3 aromatic rings. The molecule has 27 heavy (non-hydrogen) atoms. The molecule has 1 aliphatic rings. The van der Waals surface area contributed by atoms with E-state index in [0.717, 1.165) is 11.1 Å². The summed E-state index contributed by atoms with van der Waals surface area (Å²) in [4.78, 5) is 6.47. The molecule has 0 bridgehead atoms. The molecule has 2 aromatic carbocycles. The van der Waals surface area contributed by atoms with E-state index in [1.54, 1.807) is 24.5 Å². The van der Waals surface area contributed by atoms with Gasteiger partial charge in [0.25, 0.3) is 0 Å². The molecule has 0 saturated carbocycles. The molecule has 0 radical (unpaired) electrons. The van der Waals surface area contributed by atoms with Gasteiger partial charge in [-0.15, -0.1) is 0 Å². The number of aliphatic hydroxyl groups excluding tert-OH is 1. The summed E-state index contributed by atoms with van der Waals surface area (Å²) < 4.78 is 18.6. The summed E-state index contributed by atoms with van der Waals surface area (Å²) in [5.41, 5.74) is 3.28. The summed E-state index contributed by atoms with van der Waals surface area (Å²) in [5.74, 6) is 0.119. The van der Waals surface area contributed by atoms with Gasteiger partial charge in [-0.2, -0.15) is 0 Å². The maximum Gasteiger partial charge on any atom is 0.226 e. The number of aromatic nitrogens is 1. The molecular weight excluding hydrogens is 390 g/mol. The summed E-state index contributed by atoms with van der Waals surface area (Å²) >= 11 is 12.4. The second kappa shape index (κ2) is 7.24. The van der Waals surface area contributed by atoms with Gasteiger partial charge in [-0.3, -0.25) is 4.90 Å². The fraction of sp³-hybridized carbons (Fsp3) is 0.250. The van der Waals surface area contributed by atoms with Crippen molar-refractivity contribution in [1.29, 1.82) is 0 Å². The van der Waals surface area contributed by atoms with Crippen LogP contribution in [0.5, 0.6) is 0 Å². The molecule has 4 nitrogen and oxygen atoms in total. The molecule has 0 spiro atoms. The van der Waals surface area contributed by atoms with Crippen LogP contribution in [0, 0.1) is 5.82 Å². The Morgan fingerprint density at radius 3 is 2.74 bits per heavy atom. The average Bonchev–Trinajstić information content (AvgIpc) is 3.19. The maximum atomic E-state index is 13.1. The SMILES string of the molecule is CN(Cc1coc(-c2ccc(F)cc2)n1)[C@@H]1c2cc(Cl)cc(Cl)c2C[C@@H]1O. The topological polar surface area (TPSA) is 49.5 Å². The normalized spacial score (nSPS) is 18.9. The highest BCUT2D eigenvalue weighted by molar-refractivity contribution is 6.35. The zero-order chi connectivity index (χ0) is 19.1. The smallest absolute Gasteiger partial charge is 0.226 e. The van der Waals surface area contributed by atoms with E-state index in [2.05, 4.69) is 4.98 Å². The monoisotopic (exact) mass is 406 g/mol. The van der Waals surface area contributed by atoms with E-state index in [-0.39, 0.29) is 11.9 Å². The Bertz CT molecular complexity index is 975. The molecule has 0 unspecified atom stereocenters. The number of likely N-dealkylation sites (N-methyl/N-ethyl adjacent to an activating group) is 1. The molecule has 0 saturated heterocycles. The lowest BCUT2D eigenvalue weighted by Gasteiger charge is -2.27. The van der Waals surface area contributed by atoms with Gasteiger partial charge in [0.05, 0.1) is 17.8 Å². The van der Waals surface area contributed by atoms with Crippen molar-refractivity contribution in [3.8, 4) is 11.5 Å². The van der Waals surface area contributed by atoms with Gasteiger partial charge in [-0.1, -0.05) is 23.2 Å². The molecule has 0 aliphatic heterocycles. The van der Waals surface area contributed by atoms with Crippen LogP contribution in [-0.2, 0) is 13.0 Å². The van der Waals surface area contributed by atoms with Crippen LogP contribution in [0.2, 0.25) is 10.0 Å². The second-order valence-corrected chi connectivity index (χ2v) is 7.58. The Morgan fingerprint density at radius 2 is 2.00 bits per heavy atom. The predicted molar refractivity (Wildman–Crippen MR) is 102 cm³/mol. The van der Waals surface area contributed by atoms with Crippen LogP contribution in [0.25, 0.3) is 11.5 Å². The van der Waals surface area contributed by atoms with Crippen LogP contribution in [-0.4, -0.2) is 28.1 Å². The molecular formula is C20H17Cl2FN2O2. The van der Waals surface area contributed by atoms with E-state index in [1.807, 2.05) is 18.0 Å². The summed E-state index contributed by atoms with van der Waals surface area (Å²) in [6, 6.07) is 9.29. The first-order valence-corrected chi connectivity index (χ1v) is 9.24. The largest absolute Gasteiger partial charge is 0.444 e. The van der Waals surface area contributed by atoms with Crippen molar-refractivity contribution in [3.05, 3.63) is 75.3 Å². The number of nitrogens with zero attached hydrogens (tertiary/aromatic N) is 2. The highest BCUT2D eigenvalue weighted by Crippen LogP contribution is 2.41. The predicted octanol–water partition coefficient (Wildman–Crippen LogP) is 4.88. The molecule has 1 heterocycles. The number of rotatable bonds is 4. The van der Waals surface area contributed by atoms with E-state index >= 15 is 0 Å². The van der Waals surface area contributed by atoms with Gasteiger partial charge >= 0.3 is 0 Å². The van der Waals surface area contributed by atoms with Crippen molar-refractivity contribution in [2.75, 3.05) is 7.05 Å². The van der Waals surface area contributed by atoms with Gasteiger partial charge in [0.2, 0.25) is 5.89 Å². The highest BCUT2D eigenvalue weighted by Gasteiger charge is 2.36. The molecule has 140 valence electrons. The molecule has 1 aromatic heterocycles. The average molecular weight is 407 g/mol. The van der Waals surface area contributed by atoms with Crippen molar-refractivity contribution < 1.29 is 13.9 Å². The van der Waals surface area contributed by atoms with Crippen molar-refractivity contribution in [3.63, 3.8) is 0 Å². The Kier molecular flexibility index (Phi) is 4.95. The second-order valence-electron chi connectivity index (χ2n) is 6.74. The van der Waals surface area contributed by atoms with E-state index in [9.17, 15) is 9.50 Å². The van der Waals surface area contributed by atoms with Gasteiger partial charge in [0, 0.05) is 28.6 Å². The van der Waals surface area contributed by atoms with Gasteiger partial charge < -0.3 is 9.52 Å². The van der Waals surface area contributed by atoms with Crippen LogP contribution < -0.4 is 0 Å². The number of aliphatic hydroxyl groups is 1. The number of fused-ring (bicyclic) bond motifs is 1. The van der Waals surface area contributed by atoms with Gasteiger partial charge in [0.15, 0.2) is 0 Å². The summed E-state index contributed by atoms with van der Waals surface area (Å²) in [5, 5.41) is 11.7. The molecule has 1 aliphatic carbocycles. The fourth-order valence-electron chi connectivity index (χ4n) is 3.62. The summed E-state index contributed by atoms with van der Waals surface area (Å²) in [6.07, 6.45) is 1.48. The number of hydrogen-bond acceptors (Lipinski definition) is 4. The summed E-state index contributed by atoms with van der Waals surface area (Å²) in [7, 11) is 1.91. The summed E-state index contributed by atoms with van der Waals surface area (Å²) in [6.45, 7) is 0.468. The first kappa shape index (κ1) is 18.4. The minimum atomic E-state index is -0.579. The number of hydrogen-bond donors (Lipinski definition) is 1. The molecule has 0 amide bonds. The third kappa shape index (κ3) is 3.60. The molecule has 1 N–H and O–H groups in total. The third-order valence-corrected chi connectivity index (χ3v) is 5.38. The van der Waals surface area contributed by atoms with Crippen LogP contribution >= 0.6 is 23.2 Å². The first-order valence-electron chi connectivity index (χ1n) is 8.49. The van der Waals surface area contributed by atoms with Crippen molar-refractivity contribution in [1.82, 2.24) is 9.88 Å². The zero-order valence-electron chi connectivity index (χ0n) is 14.5. The molecule has 2 atom stereocenters. The Hall–Kier alpha value is -1.92. The zero-order valence-corrected chi connectivity index (χ0v) is 16.0. The fourth-order valence-corrected chi connectivity index (χ4v) is 4.21. The van der Waals surface area contributed by atoms with Gasteiger partial charge in [0.1, 0.15) is 12.1 Å². The lowest BCUT2D eigenvalue weighted by atomic mass is 10.1. The van der Waals surface area contributed by atoms with Crippen LogP contribution in [0.15, 0.2) is 47.1 Å². The van der Waals surface area contributed by atoms with E-state index in [4.69, 9.17) is 27.6 Å².